The van der Waals surface area contributed by atoms with E-state index in [9.17, 15) is 19.5 Å². The van der Waals surface area contributed by atoms with Crippen molar-refractivity contribution in [2.45, 2.75) is 39.0 Å². The predicted molar refractivity (Wildman–Crippen MR) is 153 cm³/mol. The number of amides is 2. The zero-order valence-electron chi connectivity index (χ0n) is 23.7. The van der Waals surface area contributed by atoms with Gasteiger partial charge in [-0.05, 0) is 36.4 Å². The monoisotopic (exact) mass is 600 g/mol. The van der Waals surface area contributed by atoms with E-state index in [4.69, 9.17) is 35.3 Å². The van der Waals surface area contributed by atoms with E-state index in [0.717, 1.165) is 0 Å². The van der Waals surface area contributed by atoms with E-state index in [1.54, 1.807) is 36.4 Å². The number of methoxy groups -OCH3 is 2. The number of carboxylic acid groups (broad SMARTS) is 1. The molecule has 0 radical (unpaired) electrons. The van der Waals surface area contributed by atoms with Crippen LogP contribution in [0.1, 0.15) is 53.8 Å². The van der Waals surface area contributed by atoms with Crippen molar-refractivity contribution in [2.75, 3.05) is 32.3 Å². The molecule has 4 rings (SSSR count). The molecule has 0 fully saturated rings. The summed E-state index contributed by atoms with van der Waals surface area (Å²) in [5.74, 6) is -1.41. The molecule has 0 aliphatic carbocycles. The van der Waals surface area contributed by atoms with Crippen molar-refractivity contribution in [1.82, 2.24) is 5.32 Å². The predicted octanol–water partition coefficient (Wildman–Crippen LogP) is 4.19. The largest absolute Gasteiger partial charge is 0.493 e. The third-order valence-electron chi connectivity index (χ3n) is 6.84. The number of fused-ring (bicyclic) bond motifs is 1. The SMILES string of the molecule is COc1cccc([C@H]2O[C@H](CC(=O)NCc3ccc(C(=O)O)o3)C(=O)N(CC(C)(C)CO)c3ccc(Cl)cc32)c1OC. The number of rotatable bonds is 11. The Bertz CT molecular complexity index is 1470. The molecule has 42 heavy (non-hydrogen) atoms. The second kappa shape index (κ2) is 12.8. The molecule has 0 saturated heterocycles. The molecule has 2 heterocycles. The second-order valence-electron chi connectivity index (χ2n) is 10.6. The Balaban J connectivity index is 1.74. The first kappa shape index (κ1) is 30.9. The summed E-state index contributed by atoms with van der Waals surface area (Å²) in [4.78, 5) is 39.8. The molecule has 2 atom stereocenters. The molecule has 3 aromatic rings. The minimum Gasteiger partial charge on any atom is -0.493 e. The number of nitrogens with zero attached hydrogens (tertiary/aromatic N) is 1. The van der Waals surface area contributed by atoms with Crippen molar-refractivity contribution in [3.63, 3.8) is 0 Å². The Kier molecular flexibility index (Phi) is 9.45. The number of aromatic carboxylic acids is 1. The van der Waals surface area contributed by atoms with Crippen LogP contribution in [0.15, 0.2) is 52.9 Å². The van der Waals surface area contributed by atoms with Crippen LogP contribution in [0, 0.1) is 5.41 Å². The normalized spacial score (nSPS) is 16.9. The third kappa shape index (κ3) is 6.70. The van der Waals surface area contributed by atoms with Gasteiger partial charge in [-0.25, -0.2) is 4.79 Å². The van der Waals surface area contributed by atoms with Gasteiger partial charge in [0, 0.05) is 40.4 Å². The first-order chi connectivity index (χ1) is 20.0. The third-order valence-corrected chi connectivity index (χ3v) is 7.07. The van der Waals surface area contributed by atoms with Gasteiger partial charge in [0.05, 0.1) is 27.2 Å². The smallest absolute Gasteiger partial charge is 0.371 e. The van der Waals surface area contributed by atoms with Crippen LogP contribution < -0.4 is 19.7 Å². The van der Waals surface area contributed by atoms with Gasteiger partial charge in [0.1, 0.15) is 18.0 Å². The summed E-state index contributed by atoms with van der Waals surface area (Å²) in [5, 5.41) is 22.2. The fraction of sp³-hybridized carbons (Fsp3) is 0.367. The molecule has 1 aromatic heterocycles. The number of benzene rings is 2. The first-order valence-electron chi connectivity index (χ1n) is 13.1. The molecule has 3 N–H and O–H groups in total. The van der Waals surface area contributed by atoms with E-state index >= 15 is 0 Å². The van der Waals surface area contributed by atoms with Crippen molar-refractivity contribution < 1.29 is 43.2 Å². The molecule has 0 saturated carbocycles. The van der Waals surface area contributed by atoms with E-state index in [1.165, 1.54) is 31.3 Å². The number of anilines is 1. The number of hydrogen-bond donors (Lipinski definition) is 3. The van der Waals surface area contributed by atoms with Gasteiger partial charge in [-0.15, -0.1) is 0 Å². The van der Waals surface area contributed by atoms with Crippen molar-refractivity contribution in [3.05, 3.63) is 76.2 Å². The molecule has 2 aromatic carbocycles. The number of carboxylic acids is 1. The Morgan fingerprint density at radius 2 is 1.86 bits per heavy atom. The lowest BCUT2D eigenvalue weighted by molar-refractivity contribution is -0.138. The molecular weight excluding hydrogens is 568 g/mol. The number of ether oxygens (including phenoxy) is 3. The molecular formula is C30H33ClN2O9. The molecule has 1 aliphatic heterocycles. The van der Waals surface area contributed by atoms with Crippen LogP contribution in [0.3, 0.4) is 0 Å². The molecule has 0 unspecified atom stereocenters. The van der Waals surface area contributed by atoms with E-state index in [-0.39, 0.29) is 37.6 Å². The Morgan fingerprint density at radius 3 is 2.50 bits per heavy atom. The average Bonchev–Trinajstić information content (AvgIpc) is 3.42. The fourth-order valence-corrected chi connectivity index (χ4v) is 4.90. The van der Waals surface area contributed by atoms with Crippen molar-refractivity contribution in [1.29, 1.82) is 0 Å². The summed E-state index contributed by atoms with van der Waals surface area (Å²) < 4.78 is 22.8. The van der Waals surface area contributed by atoms with Crippen molar-refractivity contribution in [3.8, 4) is 11.5 Å². The summed E-state index contributed by atoms with van der Waals surface area (Å²) in [6.07, 6.45) is -2.50. The number of furan rings is 1. The molecule has 0 bridgehead atoms. The zero-order chi connectivity index (χ0) is 30.6. The van der Waals surface area contributed by atoms with Crippen molar-refractivity contribution in [2.24, 2.45) is 5.41 Å². The molecule has 0 spiro atoms. The van der Waals surface area contributed by atoms with E-state index in [1.807, 2.05) is 13.8 Å². The lowest BCUT2D eigenvalue weighted by atomic mass is 9.92. The molecule has 2 amide bonds. The number of nitrogens with one attached hydrogen (secondary N) is 1. The van der Waals surface area contributed by atoms with Gasteiger partial charge in [-0.3, -0.25) is 9.59 Å². The van der Waals surface area contributed by atoms with E-state index in [0.29, 0.717) is 33.3 Å². The van der Waals surface area contributed by atoms with Crippen LogP contribution in [0.25, 0.3) is 0 Å². The average molecular weight is 601 g/mol. The molecule has 224 valence electrons. The van der Waals surface area contributed by atoms with Gasteiger partial charge in [0.15, 0.2) is 11.5 Å². The van der Waals surface area contributed by atoms with Gasteiger partial charge in [-0.2, -0.15) is 0 Å². The minimum atomic E-state index is -1.25. The fourth-order valence-electron chi connectivity index (χ4n) is 4.72. The van der Waals surface area contributed by atoms with Gasteiger partial charge < -0.3 is 39.1 Å². The van der Waals surface area contributed by atoms with E-state index < -0.39 is 35.4 Å². The lowest BCUT2D eigenvalue weighted by Crippen LogP contribution is -2.46. The Labute approximate surface area is 247 Å². The summed E-state index contributed by atoms with van der Waals surface area (Å²) in [6.45, 7) is 3.49. The van der Waals surface area contributed by atoms with E-state index in [2.05, 4.69) is 5.32 Å². The summed E-state index contributed by atoms with van der Waals surface area (Å²) >= 11 is 6.44. The van der Waals surface area contributed by atoms with Crippen LogP contribution >= 0.6 is 11.6 Å². The Hall–Kier alpha value is -4.06. The summed E-state index contributed by atoms with van der Waals surface area (Å²) in [5.41, 5.74) is 0.948. The number of halogens is 1. The maximum absolute atomic E-state index is 14.1. The second-order valence-corrected chi connectivity index (χ2v) is 11.0. The highest BCUT2D eigenvalue weighted by molar-refractivity contribution is 6.30. The van der Waals surface area contributed by atoms with Gasteiger partial charge in [0.25, 0.3) is 5.91 Å². The zero-order valence-corrected chi connectivity index (χ0v) is 24.4. The maximum atomic E-state index is 14.1. The molecule has 11 nitrogen and oxygen atoms in total. The summed E-state index contributed by atoms with van der Waals surface area (Å²) in [6, 6.07) is 13.1. The van der Waals surface area contributed by atoms with Gasteiger partial charge in [-0.1, -0.05) is 37.6 Å². The molecule has 1 aliphatic rings. The Morgan fingerprint density at radius 1 is 1.10 bits per heavy atom. The molecule has 12 heteroatoms. The first-order valence-corrected chi connectivity index (χ1v) is 13.5. The van der Waals surface area contributed by atoms with Gasteiger partial charge >= 0.3 is 5.97 Å². The number of aliphatic hydroxyl groups excluding tert-OH is 1. The number of para-hydroxylation sites is 1. The number of carbonyl (C=O) groups excluding carboxylic acids is 2. The van der Waals surface area contributed by atoms with Crippen LogP contribution in [0.2, 0.25) is 5.02 Å². The quantitative estimate of drug-likeness (QED) is 0.294. The van der Waals surface area contributed by atoms with Crippen LogP contribution in [-0.2, 0) is 20.9 Å². The van der Waals surface area contributed by atoms with Crippen LogP contribution in [0.5, 0.6) is 11.5 Å². The topological polar surface area (TPSA) is 148 Å². The highest BCUT2D eigenvalue weighted by Gasteiger charge is 2.40. The maximum Gasteiger partial charge on any atom is 0.371 e. The number of hydrogen-bond acceptors (Lipinski definition) is 8. The van der Waals surface area contributed by atoms with Crippen LogP contribution in [0.4, 0.5) is 5.69 Å². The lowest BCUT2D eigenvalue weighted by Gasteiger charge is -2.32. The highest BCUT2D eigenvalue weighted by Crippen LogP contribution is 2.45. The van der Waals surface area contributed by atoms with Gasteiger partial charge in [0.2, 0.25) is 11.7 Å². The number of aliphatic hydroxyl groups is 1. The van der Waals surface area contributed by atoms with Crippen molar-refractivity contribution >= 4 is 35.1 Å². The minimum absolute atomic E-state index is 0.0861. The summed E-state index contributed by atoms with van der Waals surface area (Å²) in [7, 11) is 3.00. The van der Waals surface area contributed by atoms with Crippen LogP contribution in [-0.4, -0.2) is 61.5 Å². The number of carbonyl (C=O) groups is 3. The highest BCUT2D eigenvalue weighted by atomic mass is 35.5. The standard InChI is InChI=1S/C30H33ClN2O9/c1-30(2,16-34)15-33-21-10-8-17(31)12-20(21)26(19-6-5-7-22(39-3)27(19)40-4)42-24(28(33)36)13-25(35)32-14-18-9-11-23(41-18)29(37)38/h5-12,24,26,34H,13-16H2,1-4H3,(H,32,35)(H,37,38)/t24-,26-/m1/s1.